The molecule has 0 radical (unpaired) electrons. The van der Waals surface area contributed by atoms with Crippen LogP contribution in [0.4, 0.5) is 0 Å². The van der Waals surface area contributed by atoms with E-state index in [0.29, 0.717) is 0 Å². The first-order valence-corrected chi connectivity index (χ1v) is 8.31. The first-order valence-electron chi connectivity index (χ1n) is 8.31. The van der Waals surface area contributed by atoms with Crippen LogP contribution in [-0.4, -0.2) is 36.1 Å². The lowest BCUT2D eigenvalue weighted by Crippen LogP contribution is -2.50. The first-order chi connectivity index (χ1) is 11.8. The van der Waals surface area contributed by atoms with Crippen molar-refractivity contribution in [2.75, 3.05) is 26.2 Å². The number of nitriles is 1. The van der Waals surface area contributed by atoms with Crippen molar-refractivity contribution in [1.29, 1.82) is 5.26 Å². The molecular weight excluding hydrogens is 296 g/mol. The predicted molar refractivity (Wildman–Crippen MR) is 95.5 cm³/mol. The van der Waals surface area contributed by atoms with E-state index in [-0.39, 0.29) is 6.04 Å². The summed E-state index contributed by atoms with van der Waals surface area (Å²) in [7, 11) is 0. The van der Waals surface area contributed by atoms with Gasteiger partial charge < -0.3 is 0 Å². The van der Waals surface area contributed by atoms with E-state index in [0.717, 1.165) is 42.9 Å². The lowest BCUT2D eigenvalue weighted by atomic mass is 9.91. The molecule has 0 unspecified atom stereocenters. The summed E-state index contributed by atoms with van der Waals surface area (Å²) in [4.78, 5) is 2.48. The lowest BCUT2D eigenvalue weighted by molar-refractivity contribution is 0.110. The minimum atomic E-state index is 0.160. The van der Waals surface area contributed by atoms with Crippen LogP contribution in [0.3, 0.4) is 0 Å². The maximum atomic E-state index is 9.66. The third-order valence-electron chi connectivity index (χ3n) is 4.97. The Morgan fingerprint density at radius 1 is 0.917 bits per heavy atom. The van der Waals surface area contributed by atoms with Gasteiger partial charge in [0.25, 0.3) is 0 Å². The number of allylic oxidation sites excluding steroid dienone is 1. The Morgan fingerprint density at radius 2 is 1.58 bits per heavy atom. The van der Waals surface area contributed by atoms with Gasteiger partial charge in [-0.3, -0.25) is 10.7 Å². The molecular formula is C20H20N4. The van der Waals surface area contributed by atoms with Crippen molar-refractivity contribution in [2.24, 2.45) is 5.84 Å². The molecule has 4 heteroatoms. The summed E-state index contributed by atoms with van der Waals surface area (Å²) in [6, 6.07) is 19.2. The average Bonchev–Trinajstić information content (AvgIpc) is 2.77. The summed E-state index contributed by atoms with van der Waals surface area (Å²) in [5, 5.41) is 11.5. The topological polar surface area (TPSA) is 56.3 Å². The van der Waals surface area contributed by atoms with Crippen molar-refractivity contribution in [3.05, 3.63) is 70.8 Å². The molecule has 1 heterocycles. The highest BCUT2D eigenvalue weighted by molar-refractivity contribution is 5.93. The zero-order chi connectivity index (χ0) is 16.5. The number of rotatable bonds is 1. The van der Waals surface area contributed by atoms with Gasteiger partial charge in [-0.2, -0.15) is 5.26 Å². The summed E-state index contributed by atoms with van der Waals surface area (Å²) >= 11 is 0. The van der Waals surface area contributed by atoms with Gasteiger partial charge in [-0.05, 0) is 28.3 Å². The van der Waals surface area contributed by atoms with Crippen LogP contribution in [0.2, 0.25) is 0 Å². The third kappa shape index (κ3) is 2.53. The van der Waals surface area contributed by atoms with Gasteiger partial charge in [-0.15, -0.1) is 0 Å². The van der Waals surface area contributed by atoms with Crippen molar-refractivity contribution in [2.45, 2.75) is 6.04 Å². The van der Waals surface area contributed by atoms with E-state index in [4.69, 9.17) is 5.84 Å². The van der Waals surface area contributed by atoms with Crippen LogP contribution in [0.15, 0.2) is 48.5 Å². The Balaban J connectivity index is 1.90. The molecule has 2 aromatic rings. The van der Waals surface area contributed by atoms with Crippen molar-refractivity contribution < 1.29 is 0 Å². The molecule has 120 valence electrons. The summed E-state index contributed by atoms with van der Waals surface area (Å²) in [6.45, 7) is 3.57. The zero-order valence-corrected chi connectivity index (χ0v) is 13.5. The van der Waals surface area contributed by atoms with E-state index < -0.39 is 0 Å². The number of piperazine rings is 1. The van der Waals surface area contributed by atoms with Gasteiger partial charge in [-0.1, -0.05) is 48.5 Å². The Bertz CT molecular complexity index is 826. The number of nitrogens with two attached hydrogens (primary N) is 1. The van der Waals surface area contributed by atoms with E-state index in [1.165, 1.54) is 11.1 Å². The molecule has 0 aromatic heterocycles. The molecule has 1 aliphatic carbocycles. The fraction of sp³-hybridized carbons (Fsp3) is 0.250. The fourth-order valence-electron chi connectivity index (χ4n) is 3.75. The minimum absolute atomic E-state index is 0.160. The van der Waals surface area contributed by atoms with Gasteiger partial charge in [0.05, 0.1) is 17.7 Å². The van der Waals surface area contributed by atoms with Gasteiger partial charge in [0, 0.05) is 26.2 Å². The van der Waals surface area contributed by atoms with Crippen molar-refractivity contribution >= 4 is 11.6 Å². The van der Waals surface area contributed by atoms with Gasteiger partial charge in [0.15, 0.2) is 0 Å². The van der Waals surface area contributed by atoms with E-state index >= 15 is 0 Å². The molecule has 2 N–H and O–H groups in total. The average molecular weight is 316 g/mol. The molecule has 0 spiro atoms. The van der Waals surface area contributed by atoms with Gasteiger partial charge in [0.1, 0.15) is 0 Å². The van der Waals surface area contributed by atoms with E-state index in [2.05, 4.69) is 47.4 Å². The summed E-state index contributed by atoms with van der Waals surface area (Å²) < 4.78 is 0. The standard InChI is InChI=1S/C20H20N4/c21-14-16-13-15-5-1-2-7-18(15)20(19-8-4-3-6-17(16)19)23-9-11-24(22)12-10-23/h1-8,13,20H,9-12,22H2/t20-/m0/s1. The van der Waals surface area contributed by atoms with Crippen molar-refractivity contribution in [1.82, 2.24) is 9.91 Å². The Hall–Kier alpha value is -2.45. The molecule has 1 fully saturated rings. The lowest BCUT2D eigenvalue weighted by Gasteiger charge is -2.38. The number of fused-ring (bicyclic) bond motifs is 2. The minimum Gasteiger partial charge on any atom is -0.290 e. The monoisotopic (exact) mass is 316 g/mol. The highest BCUT2D eigenvalue weighted by Crippen LogP contribution is 2.39. The van der Waals surface area contributed by atoms with Crippen LogP contribution in [-0.2, 0) is 0 Å². The number of hydrazine groups is 1. The first kappa shape index (κ1) is 15.1. The van der Waals surface area contributed by atoms with Crippen LogP contribution < -0.4 is 5.84 Å². The molecule has 0 bridgehead atoms. The van der Waals surface area contributed by atoms with Crippen LogP contribution in [0.25, 0.3) is 11.6 Å². The Labute approximate surface area is 142 Å². The smallest absolute Gasteiger partial charge is 0.0998 e. The summed E-state index contributed by atoms with van der Waals surface area (Å²) in [5.41, 5.74) is 5.38. The number of hydrogen-bond donors (Lipinski definition) is 1. The molecule has 4 rings (SSSR count). The molecule has 0 saturated carbocycles. The molecule has 2 aromatic carbocycles. The number of benzene rings is 2. The molecule has 1 saturated heterocycles. The second-order valence-electron chi connectivity index (χ2n) is 6.36. The van der Waals surface area contributed by atoms with Crippen LogP contribution in [0.1, 0.15) is 28.3 Å². The molecule has 1 aliphatic heterocycles. The Morgan fingerprint density at radius 3 is 2.33 bits per heavy atom. The fourth-order valence-corrected chi connectivity index (χ4v) is 3.75. The SMILES string of the molecule is N#CC1=Cc2ccccc2[C@H](N2CCN(N)CC2)c2ccccc21. The summed E-state index contributed by atoms with van der Waals surface area (Å²) in [5.74, 6) is 5.94. The molecule has 0 amide bonds. The van der Waals surface area contributed by atoms with E-state index in [1.54, 1.807) is 0 Å². The highest BCUT2D eigenvalue weighted by atomic mass is 15.4. The second kappa shape index (κ2) is 6.21. The van der Waals surface area contributed by atoms with Gasteiger partial charge in [-0.25, -0.2) is 5.01 Å². The number of nitrogens with zero attached hydrogens (tertiary/aromatic N) is 3. The van der Waals surface area contributed by atoms with Crippen molar-refractivity contribution in [3.8, 4) is 6.07 Å². The van der Waals surface area contributed by atoms with Crippen LogP contribution >= 0.6 is 0 Å². The third-order valence-corrected chi connectivity index (χ3v) is 4.97. The van der Waals surface area contributed by atoms with Crippen LogP contribution in [0, 0.1) is 11.3 Å². The van der Waals surface area contributed by atoms with Crippen molar-refractivity contribution in [3.63, 3.8) is 0 Å². The molecule has 1 atom stereocenters. The summed E-state index contributed by atoms with van der Waals surface area (Å²) in [6.07, 6.45) is 2.02. The molecule has 4 nitrogen and oxygen atoms in total. The number of hydrogen-bond acceptors (Lipinski definition) is 4. The quantitative estimate of drug-likeness (QED) is 0.822. The van der Waals surface area contributed by atoms with E-state index in [9.17, 15) is 5.26 Å². The zero-order valence-electron chi connectivity index (χ0n) is 13.5. The van der Waals surface area contributed by atoms with E-state index in [1.807, 2.05) is 23.2 Å². The largest absolute Gasteiger partial charge is 0.290 e. The normalized spacial score (nSPS) is 21.2. The van der Waals surface area contributed by atoms with Gasteiger partial charge in [0.2, 0.25) is 0 Å². The molecule has 24 heavy (non-hydrogen) atoms. The van der Waals surface area contributed by atoms with Crippen LogP contribution in [0.5, 0.6) is 0 Å². The Kier molecular flexibility index (Phi) is 3.91. The maximum absolute atomic E-state index is 9.66. The second-order valence-corrected chi connectivity index (χ2v) is 6.36. The van der Waals surface area contributed by atoms with Gasteiger partial charge >= 0.3 is 0 Å². The maximum Gasteiger partial charge on any atom is 0.0998 e. The highest BCUT2D eigenvalue weighted by Gasteiger charge is 2.30. The molecule has 2 aliphatic rings. The predicted octanol–water partition coefficient (Wildman–Crippen LogP) is 2.64.